The minimum absolute atomic E-state index is 0.222. The van der Waals surface area contributed by atoms with E-state index in [-0.39, 0.29) is 5.41 Å². The second kappa shape index (κ2) is 4.98. The molecule has 0 amide bonds. The van der Waals surface area contributed by atoms with E-state index >= 15 is 0 Å². The van der Waals surface area contributed by atoms with Crippen LogP contribution >= 0.6 is 0 Å². The molecular weight excluding hydrogens is 256 g/mol. The van der Waals surface area contributed by atoms with Gasteiger partial charge in [0.1, 0.15) is 11.6 Å². The molecule has 3 heteroatoms. The zero-order valence-corrected chi connectivity index (χ0v) is 11.2. The van der Waals surface area contributed by atoms with E-state index in [1.807, 2.05) is 30.3 Å². The first-order valence-corrected chi connectivity index (χ1v) is 6.89. The zero-order chi connectivity index (χ0) is 14.2. The van der Waals surface area contributed by atoms with Crippen LogP contribution in [0.1, 0.15) is 36.4 Å². The van der Waals surface area contributed by atoms with E-state index in [2.05, 4.69) is 0 Å². The molecule has 2 aromatic carbocycles. The van der Waals surface area contributed by atoms with Crippen LogP contribution in [0.5, 0.6) is 0 Å². The van der Waals surface area contributed by atoms with Crippen LogP contribution in [0.3, 0.4) is 0 Å². The van der Waals surface area contributed by atoms with Crippen LogP contribution in [-0.4, -0.2) is 0 Å². The molecule has 0 aromatic heterocycles. The number of hydrogen-bond acceptors (Lipinski definition) is 1. The summed E-state index contributed by atoms with van der Waals surface area (Å²) in [6.07, 6.45) is 2.97. The molecule has 3 rings (SSSR count). The fraction of sp³-hybridized carbons (Fsp3) is 0.294. The molecule has 2 aromatic rings. The number of hydrogen-bond donors (Lipinski definition) is 1. The molecule has 1 atom stereocenters. The lowest BCUT2D eigenvalue weighted by Crippen LogP contribution is -2.44. The van der Waals surface area contributed by atoms with Crippen LogP contribution < -0.4 is 5.73 Å². The molecule has 0 heterocycles. The second-order valence-corrected chi connectivity index (χ2v) is 5.52. The largest absolute Gasteiger partial charge is 0.323 e. The lowest BCUT2D eigenvalue weighted by atomic mass is 9.59. The van der Waals surface area contributed by atoms with Gasteiger partial charge in [-0.15, -0.1) is 0 Å². The van der Waals surface area contributed by atoms with Crippen molar-refractivity contribution >= 4 is 0 Å². The van der Waals surface area contributed by atoms with Crippen LogP contribution in [0.25, 0.3) is 0 Å². The van der Waals surface area contributed by atoms with Crippen molar-refractivity contribution in [3.8, 4) is 0 Å². The third-order valence-corrected chi connectivity index (χ3v) is 4.49. The summed E-state index contributed by atoms with van der Waals surface area (Å²) in [5.41, 5.74) is 7.67. The van der Waals surface area contributed by atoms with Crippen LogP contribution in [-0.2, 0) is 5.41 Å². The van der Waals surface area contributed by atoms with Crippen molar-refractivity contribution in [1.82, 2.24) is 0 Å². The molecule has 20 heavy (non-hydrogen) atoms. The van der Waals surface area contributed by atoms with Gasteiger partial charge in [0.25, 0.3) is 0 Å². The monoisotopic (exact) mass is 273 g/mol. The summed E-state index contributed by atoms with van der Waals surface area (Å²) in [6, 6.07) is 13.2. The SMILES string of the molecule is NC(c1ccc(F)cc1F)C1(c2ccccc2)CCC1. The molecule has 1 aliphatic rings. The van der Waals surface area contributed by atoms with E-state index in [4.69, 9.17) is 5.73 Å². The van der Waals surface area contributed by atoms with Gasteiger partial charge in [-0.05, 0) is 24.5 Å². The highest BCUT2D eigenvalue weighted by Crippen LogP contribution is 2.51. The fourth-order valence-electron chi connectivity index (χ4n) is 3.16. The summed E-state index contributed by atoms with van der Waals surface area (Å²) >= 11 is 0. The number of halogens is 2. The van der Waals surface area contributed by atoms with E-state index in [9.17, 15) is 8.78 Å². The Kier molecular flexibility index (Phi) is 3.30. The highest BCUT2D eigenvalue weighted by atomic mass is 19.1. The van der Waals surface area contributed by atoms with Gasteiger partial charge in [0.15, 0.2) is 0 Å². The molecule has 2 N–H and O–H groups in total. The Balaban J connectivity index is 2.01. The minimum atomic E-state index is -0.569. The molecule has 1 unspecified atom stereocenters. The third-order valence-electron chi connectivity index (χ3n) is 4.49. The normalized spacial score (nSPS) is 18.4. The van der Waals surface area contributed by atoms with Gasteiger partial charge in [0.05, 0.1) is 0 Å². The molecule has 1 aliphatic carbocycles. The lowest BCUT2D eigenvalue weighted by molar-refractivity contribution is 0.193. The molecule has 0 saturated heterocycles. The minimum Gasteiger partial charge on any atom is -0.323 e. The summed E-state index contributed by atoms with van der Waals surface area (Å²) in [7, 11) is 0. The van der Waals surface area contributed by atoms with Crippen LogP contribution in [0.2, 0.25) is 0 Å². The Hall–Kier alpha value is -1.74. The molecule has 0 radical (unpaired) electrons. The first kappa shape index (κ1) is 13.3. The van der Waals surface area contributed by atoms with Gasteiger partial charge in [-0.2, -0.15) is 0 Å². The van der Waals surface area contributed by atoms with Crippen molar-refractivity contribution in [2.75, 3.05) is 0 Å². The zero-order valence-electron chi connectivity index (χ0n) is 11.2. The van der Waals surface area contributed by atoms with E-state index in [1.54, 1.807) is 0 Å². The van der Waals surface area contributed by atoms with Crippen molar-refractivity contribution in [3.63, 3.8) is 0 Å². The highest BCUT2D eigenvalue weighted by molar-refractivity contribution is 5.36. The number of nitrogens with two attached hydrogens (primary N) is 1. The predicted octanol–water partition coefficient (Wildman–Crippen LogP) is 4.09. The van der Waals surface area contributed by atoms with Gasteiger partial charge >= 0.3 is 0 Å². The van der Waals surface area contributed by atoms with E-state index in [0.717, 1.165) is 30.9 Å². The predicted molar refractivity (Wildman–Crippen MR) is 75.3 cm³/mol. The third kappa shape index (κ3) is 2.02. The summed E-state index contributed by atoms with van der Waals surface area (Å²) in [4.78, 5) is 0. The van der Waals surface area contributed by atoms with Crippen molar-refractivity contribution < 1.29 is 8.78 Å². The Morgan fingerprint density at radius 2 is 1.70 bits per heavy atom. The first-order chi connectivity index (χ1) is 9.63. The van der Waals surface area contributed by atoms with E-state index < -0.39 is 17.7 Å². The van der Waals surface area contributed by atoms with Crippen LogP contribution in [0, 0.1) is 11.6 Å². The topological polar surface area (TPSA) is 26.0 Å². The van der Waals surface area contributed by atoms with Gasteiger partial charge in [-0.25, -0.2) is 8.78 Å². The molecule has 0 spiro atoms. The van der Waals surface area contributed by atoms with Crippen LogP contribution in [0.15, 0.2) is 48.5 Å². The quantitative estimate of drug-likeness (QED) is 0.895. The maximum atomic E-state index is 14.0. The lowest BCUT2D eigenvalue weighted by Gasteiger charge is -2.47. The molecule has 104 valence electrons. The smallest absolute Gasteiger partial charge is 0.130 e. The van der Waals surface area contributed by atoms with Gasteiger partial charge < -0.3 is 5.73 Å². The summed E-state index contributed by atoms with van der Waals surface area (Å²) in [5.74, 6) is -1.12. The van der Waals surface area contributed by atoms with Gasteiger partial charge in [0, 0.05) is 23.1 Å². The first-order valence-electron chi connectivity index (χ1n) is 6.89. The molecule has 1 saturated carbocycles. The summed E-state index contributed by atoms with van der Waals surface area (Å²) in [5, 5.41) is 0. The van der Waals surface area contributed by atoms with Crippen LogP contribution in [0.4, 0.5) is 8.78 Å². The Bertz CT molecular complexity index is 606. The Labute approximate surface area is 117 Å². The Morgan fingerprint density at radius 3 is 2.25 bits per heavy atom. The molecule has 1 nitrogen and oxygen atoms in total. The molecule has 1 fully saturated rings. The summed E-state index contributed by atoms with van der Waals surface area (Å²) < 4.78 is 27.0. The van der Waals surface area contributed by atoms with Gasteiger partial charge in [-0.3, -0.25) is 0 Å². The van der Waals surface area contributed by atoms with Gasteiger partial charge in [0.2, 0.25) is 0 Å². The van der Waals surface area contributed by atoms with Crippen molar-refractivity contribution in [2.24, 2.45) is 5.73 Å². The fourth-order valence-corrected chi connectivity index (χ4v) is 3.16. The standard InChI is InChI=1S/C17H17F2N/c18-13-7-8-14(15(19)11-13)16(20)17(9-4-10-17)12-5-2-1-3-6-12/h1-3,5-8,11,16H,4,9-10,20H2. The average Bonchev–Trinajstić information content (AvgIpc) is 2.38. The maximum Gasteiger partial charge on any atom is 0.130 e. The average molecular weight is 273 g/mol. The number of benzene rings is 2. The molecule has 0 aliphatic heterocycles. The second-order valence-electron chi connectivity index (χ2n) is 5.52. The molecule has 0 bridgehead atoms. The van der Waals surface area contributed by atoms with Crippen molar-refractivity contribution in [2.45, 2.75) is 30.7 Å². The Morgan fingerprint density at radius 1 is 1.00 bits per heavy atom. The summed E-state index contributed by atoms with van der Waals surface area (Å²) in [6.45, 7) is 0. The highest BCUT2D eigenvalue weighted by Gasteiger charge is 2.45. The molecular formula is C17H17F2N. The maximum absolute atomic E-state index is 14.0. The van der Waals surface area contributed by atoms with Gasteiger partial charge in [-0.1, -0.05) is 42.8 Å². The van der Waals surface area contributed by atoms with Crippen molar-refractivity contribution in [1.29, 1.82) is 0 Å². The van der Waals surface area contributed by atoms with E-state index in [1.165, 1.54) is 12.1 Å². The number of rotatable bonds is 3. The van der Waals surface area contributed by atoms with Crippen molar-refractivity contribution in [3.05, 3.63) is 71.3 Å². The van der Waals surface area contributed by atoms with E-state index in [0.29, 0.717) is 5.56 Å².